The van der Waals surface area contributed by atoms with Crippen molar-refractivity contribution in [2.75, 3.05) is 26.4 Å². The summed E-state index contributed by atoms with van der Waals surface area (Å²) in [6.45, 7) is 7.41. The Morgan fingerprint density at radius 1 is 1.38 bits per heavy atom. The van der Waals surface area contributed by atoms with Crippen molar-refractivity contribution >= 4 is 15.9 Å². The molecule has 1 fully saturated rings. The van der Waals surface area contributed by atoms with Gasteiger partial charge in [-0.05, 0) is 41.5 Å². The summed E-state index contributed by atoms with van der Waals surface area (Å²) in [4.78, 5) is 4.51. The highest BCUT2D eigenvalue weighted by molar-refractivity contribution is 9.10. The lowest BCUT2D eigenvalue weighted by molar-refractivity contribution is -0.126. The Kier molecular flexibility index (Phi) is 6.61. The van der Waals surface area contributed by atoms with E-state index in [4.69, 9.17) is 9.47 Å². The first-order chi connectivity index (χ1) is 10.2. The number of likely N-dealkylation sites (N-methyl/N-ethyl adjacent to an activating group) is 1. The Labute approximate surface area is 135 Å². The quantitative estimate of drug-likeness (QED) is 0.815. The SMILES string of the molecule is CCNC(Cc1ccc(Br)cn1)C1(OCC)CCOCC1. The van der Waals surface area contributed by atoms with Gasteiger partial charge in [0.25, 0.3) is 0 Å². The second kappa shape index (κ2) is 8.22. The summed E-state index contributed by atoms with van der Waals surface area (Å²) < 4.78 is 12.7. The third kappa shape index (κ3) is 4.49. The van der Waals surface area contributed by atoms with E-state index < -0.39 is 0 Å². The van der Waals surface area contributed by atoms with Crippen molar-refractivity contribution in [2.45, 2.75) is 44.8 Å². The number of hydrogen-bond donors (Lipinski definition) is 1. The van der Waals surface area contributed by atoms with Crippen LogP contribution in [0.2, 0.25) is 0 Å². The molecule has 1 saturated heterocycles. The van der Waals surface area contributed by atoms with Gasteiger partial charge in [-0.15, -0.1) is 0 Å². The van der Waals surface area contributed by atoms with Gasteiger partial charge in [0.2, 0.25) is 0 Å². The Morgan fingerprint density at radius 3 is 2.71 bits per heavy atom. The molecule has 0 spiro atoms. The highest BCUT2D eigenvalue weighted by Gasteiger charge is 2.40. The Balaban J connectivity index is 2.16. The smallest absolute Gasteiger partial charge is 0.0882 e. The molecule has 2 heterocycles. The van der Waals surface area contributed by atoms with Gasteiger partial charge in [-0.2, -0.15) is 0 Å². The van der Waals surface area contributed by atoms with Crippen molar-refractivity contribution in [1.82, 2.24) is 10.3 Å². The highest BCUT2D eigenvalue weighted by atomic mass is 79.9. The van der Waals surface area contributed by atoms with E-state index in [2.05, 4.69) is 46.1 Å². The molecule has 21 heavy (non-hydrogen) atoms. The van der Waals surface area contributed by atoms with Gasteiger partial charge < -0.3 is 14.8 Å². The maximum Gasteiger partial charge on any atom is 0.0882 e. The lowest BCUT2D eigenvalue weighted by Gasteiger charge is -2.43. The molecule has 0 aliphatic carbocycles. The zero-order valence-electron chi connectivity index (χ0n) is 12.9. The zero-order valence-corrected chi connectivity index (χ0v) is 14.5. The second-order valence-corrected chi connectivity index (χ2v) is 6.31. The van der Waals surface area contributed by atoms with Gasteiger partial charge in [0.1, 0.15) is 0 Å². The highest BCUT2D eigenvalue weighted by Crippen LogP contribution is 2.30. The average molecular weight is 357 g/mol. The number of rotatable bonds is 7. The number of aromatic nitrogens is 1. The summed E-state index contributed by atoms with van der Waals surface area (Å²) in [6.07, 6.45) is 4.61. The van der Waals surface area contributed by atoms with Crippen molar-refractivity contribution in [3.05, 3.63) is 28.5 Å². The molecule has 0 amide bonds. The standard InChI is InChI=1S/C16H25BrN2O2/c1-3-18-15(11-14-6-5-13(17)12-19-14)16(21-4-2)7-9-20-10-8-16/h5-6,12,15,18H,3-4,7-11H2,1-2H3. The molecule has 0 aromatic carbocycles. The molecule has 0 saturated carbocycles. The summed E-state index contributed by atoms with van der Waals surface area (Å²) in [7, 11) is 0. The predicted octanol–water partition coefficient (Wildman–Crippen LogP) is 2.95. The molecule has 0 bridgehead atoms. The van der Waals surface area contributed by atoms with Crippen molar-refractivity contribution in [3.8, 4) is 0 Å². The molecule has 4 nitrogen and oxygen atoms in total. The summed E-state index contributed by atoms with van der Waals surface area (Å²) in [5.41, 5.74) is 0.951. The van der Waals surface area contributed by atoms with Crippen LogP contribution >= 0.6 is 15.9 Å². The van der Waals surface area contributed by atoms with Crippen LogP contribution in [0.15, 0.2) is 22.8 Å². The van der Waals surface area contributed by atoms with E-state index in [0.717, 1.165) is 55.8 Å². The zero-order chi connectivity index (χ0) is 15.1. The summed E-state index contributed by atoms with van der Waals surface area (Å²) >= 11 is 3.44. The lowest BCUT2D eigenvalue weighted by Crippen LogP contribution is -2.56. The van der Waals surface area contributed by atoms with Crippen LogP contribution in [-0.4, -0.2) is 43.0 Å². The minimum atomic E-state index is -0.141. The number of nitrogens with zero attached hydrogens (tertiary/aromatic N) is 1. The van der Waals surface area contributed by atoms with Crippen molar-refractivity contribution < 1.29 is 9.47 Å². The summed E-state index contributed by atoms with van der Waals surface area (Å²) in [6, 6.07) is 4.39. The maximum atomic E-state index is 6.20. The van der Waals surface area contributed by atoms with E-state index in [9.17, 15) is 0 Å². The van der Waals surface area contributed by atoms with E-state index in [1.807, 2.05) is 12.3 Å². The minimum absolute atomic E-state index is 0.141. The van der Waals surface area contributed by atoms with Crippen LogP contribution in [-0.2, 0) is 15.9 Å². The first kappa shape index (κ1) is 16.9. The van der Waals surface area contributed by atoms with Crippen LogP contribution in [0.25, 0.3) is 0 Å². The molecular formula is C16H25BrN2O2. The van der Waals surface area contributed by atoms with Crippen LogP contribution in [0.1, 0.15) is 32.4 Å². The molecule has 118 valence electrons. The maximum absolute atomic E-state index is 6.20. The number of halogens is 1. The average Bonchev–Trinajstić information content (AvgIpc) is 2.50. The fraction of sp³-hybridized carbons (Fsp3) is 0.688. The number of hydrogen-bond acceptors (Lipinski definition) is 4. The topological polar surface area (TPSA) is 43.4 Å². The van der Waals surface area contributed by atoms with Gasteiger partial charge in [0.15, 0.2) is 0 Å². The number of nitrogens with one attached hydrogen (secondary N) is 1. The molecule has 1 aliphatic rings. The third-order valence-electron chi connectivity index (χ3n) is 4.06. The first-order valence-corrected chi connectivity index (χ1v) is 8.55. The Hall–Kier alpha value is -0.490. The number of ether oxygens (including phenoxy) is 2. The largest absolute Gasteiger partial charge is 0.381 e. The molecule has 1 unspecified atom stereocenters. The molecule has 0 radical (unpaired) electrons. The molecule has 1 aromatic rings. The molecule has 1 aromatic heterocycles. The van der Waals surface area contributed by atoms with Crippen LogP contribution < -0.4 is 5.32 Å². The molecule has 2 rings (SSSR count). The van der Waals surface area contributed by atoms with Crippen LogP contribution in [0.3, 0.4) is 0 Å². The van der Waals surface area contributed by atoms with E-state index in [-0.39, 0.29) is 11.6 Å². The molecular weight excluding hydrogens is 332 g/mol. The Bertz CT molecular complexity index is 413. The van der Waals surface area contributed by atoms with Gasteiger partial charge in [0.05, 0.1) is 5.60 Å². The minimum Gasteiger partial charge on any atom is -0.381 e. The van der Waals surface area contributed by atoms with Crippen molar-refractivity contribution in [3.63, 3.8) is 0 Å². The normalized spacial score (nSPS) is 19.4. The van der Waals surface area contributed by atoms with E-state index in [1.54, 1.807) is 0 Å². The van der Waals surface area contributed by atoms with Gasteiger partial charge in [0, 0.05) is 61.5 Å². The van der Waals surface area contributed by atoms with Crippen molar-refractivity contribution in [2.24, 2.45) is 0 Å². The Morgan fingerprint density at radius 2 is 2.14 bits per heavy atom. The van der Waals surface area contributed by atoms with Gasteiger partial charge in [-0.25, -0.2) is 0 Å². The van der Waals surface area contributed by atoms with Gasteiger partial charge in [-0.1, -0.05) is 6.92 Å². The third-order valence-corrected chi connectivity index (χ3v) is 4.53. The summed E-state index contributed by atoms with van der Waals surface area (Å²) in [5, 5.41) is 3.61. The lowest BCUT2D eigenvalue weighted by atomic mass is 9.83. The second-order valence-electron chi connectivity index (χ2n) is 5.39. The summed E-state index contributed by atoms with van der Waals surface area (Å²) in [5.74, 6) is 0. The molecule has 5 heteroatoms. The van der Waals surface area contributed by atoms with E-state index in [0.29, 0.717) is 0 Å². The fourth-order valence-electron chi connectivity index (χ4n) is 3.02. The monoisotopic (exact) mass is 356 g/mol. The molecule has 1 atom stereocenters. The first-order valence-electron chi connectivity index (χ1n) is 7.75. The van der Waals surface area contributed by atoms with E-state index >= 15 is 0 Å². The van der Waals surface area contributed by atoms with Crippen molar-refractivity contribution in [1.29, 1.82) is 0 Å². The van der Waals surface area contributed by atoms with Crippen LogP contribution in [0.5, 0.6) is 0 Å². The van der Waals surface area contributed by atoms with E-state index in [1.165, 1.54) is 0 Å². The molecule has 1 N–H and O–H groups in total. The fourth-order valence-corrected chi connectivity index (χ4v) is 3.26. The van der Waals surface area contributed by atoms with Gasteiger partial charge >= 0.3 is 0 Å². The predicted molar refractivity (Wildman–Crippen MR) is 87.5 cm³/mol. The van der Waals surface area contributed by atoms with Crippen LogP contribution in [0.4, 0.5) is 0 Å². The van der Waals surface area contributed by atoms with Gasteiger partial charge in [-0.3, -0.25) is 4.98 Å². The van der Waals surface area contributed by atoms with Crippen LogP contribution in [0, 0.1) is 0 Å². The molecule has 1 aliphatic heterocycles. The number of pyridine rings is 1.